The van der Waals surface area contributed by atoms with Crippen molar-refractivity contribution in [2.45, 2.75) is 31.4 Å². The summed E-state index contributed by atoms with van der Waals surface area (Å²) < 4.78 is 0. The molecule has 3 rings (SSSR count). The van der Waals surface area contributed by atoms with Gasteiger partial charge in [-0.25, -0.2) is 9.97 Å². The van der Waals surface area contributed by atoms with Crippen LogP contribution in [-0.4, -0.2) is 22.3 Å². The molecule has 1 aliphatic heterocycles. The topological polar surface area (TPSA) is 37.8 Å². The second-order valence-corrected chi connectivity index (χ2v) is 6.60. The Morgan fingerprint density at radius 2 is 2.10 bits per heavy atom. The smallest absolute Gasteiger partial charge is 0.144 e. The summed E-state index contributed by atoms with van der Waals surface area (Å²) in [6, 6.07) is 12.4. The maximum Gasteiger partial charge on any atom is 0.144 e. The van der Waals surface area contributed by atoms with E-state index in [4.69, 9.17) is 9.97 Å². The van der Waals surface area contributed by atoms with Gasteiger partial charge < -0.3 is 5.32 Å². The molecule has 0 spiro atoms. The molecule has 4 heteroatoms. The predicted octanol–water partition coefficient (Wildman–Crippen LogP) is 4.53. The van der Waals surface area contributed by atoms with Gasteiger partial charge in [-0.1, -0.05) is 37.3 Å². The average Bonchev–Trinajstić information content (AvgIpc) is 3.08. The van der Waals surface area contributed by atoms with E-state index in [1.165, 1.54) is 18.6 Å². The molecule has 1 aromatic carbocycles. The number of hydrogen-bond acceptors (Lipinski definition) is 4. The van der Waals surface area contributed by atoms with Crippen molar-refractivity contribution in [1.29, 1.82) is 0 Å². The normalized spacial score (nSPS) is 17.9. The van der Waals surface area contributed by atoms with Gasteiger partial charge in [0.15, 0.2) is 0 Å². The van der Waals surface area contributed by atoms with E-state index in [0.717, 1.165) is 35.9 Å². The van der Waals surface area contributed by atoms with Crippen molar-refractivity contribution in [2.24, 2.45) is 0 Å². The fourth-order valence-electron chi connectivity index (χ4n) is 2.49. The molecule has 1 fully saturated rings. The van der Waals surface area contributed by atoms with Gasteiger partial charge in [0, 0.05) is 18.2 Å². The summed E-state index contributed by atoms with van der Waals surface area (Å²) >= 11 is 1.98. The molecular formula is C17H21N3S. The molecule has 110 valence electrons. The van der Waals surface area contributed by atoms with E-state index in [-0.39, 0.29) is 0 Å². The first kappa shape index (κ1) is 14.4. The van der Waals surface area contributed by atoms with Crippen molar-refractivity contribution in [1.82, 2.24) is 9.97 Å². The minimum atomic E-state index is 0.454. The Kier molecular flexibility index (Phi) is 4.76. The van der Waals surface area contributed by atoms with Gasteiger partial charge in [0.25, 0.3) is 0 Å². The van der Waals surface area contributed by atoms with E-state index < -0.39 is 0 Å². The van der Waals surface area contributed by atoms with Crippen molar-refractivity contribution >= 4 is 17.6 Å². The number of thioether (sulfide) groups is 1. The highest BCUT2D eigenvalue weighted by Crippen LogP contribution is 2.39. The summed E-state index contributed by atoms with van der Waals surface area (Å²) in [5.41, 5.74) is 2.18. The van der Waals surface area contributed by atoms with E-state index in [1.807, 2.05) is 17.8 Å². The minimum absolute atomic E-state index is 0.454. The number of benzene rings is 1. The molecule has 0 radical (unpaired) electrons. The van der Waals surface area contributed by atoms with Gasteiger partial charge in [-0.3, -0.25) is 0 Å². The number of nitrogens with zero attached hydrogens (tertiary/aromatic N) is 2. The van der Waals surface area contributed by atoms with E-state index in [2.05, 4.69) is 42.6 Å². The van der Waals surface area contributed by atoms with Crippen LogP contribution in [0.3, 0.4) is 0 Å². The van der Waals surface area contributed by atoms with Crippen LogP contribution in [0.2, 0.25) is 0 Å². The summed E-state index contributed by atoms with van der Waals surface area (Å²) in [4.78, 5) is 9.56. The third-order valence-corrected chi connectivity index (χ3v) is 4.96. The van der Waals surface area contributed by atoms with Crippen LogP contribution in [-0.2, 0) is 0 Å². The summed E-state index contributed by atoms with van der Waals surface area (Å²) in [5, 5.41) is 3.86. The lowest BCUT2D eigenvalue weighted by atomic mass is 10.1. The van der Waals surface area contributed by atoms with Crippen molar-refractivity contribution in [3.8, 4) is 11.3 Å². The second kappa shape index (κ2) is 6.94. The fourth-order valence-corrected chi connectivity index (χ4v) is 3.70. The van der Waals surface area contributed by atoms with Crippen LogP contribution in [0.4, 0.5) is 5.82 Å². The molecule has 2 heterocycles. The van der Waals surface area contributed by atoms with E-state index >= 15 is 0 Å². The quantitative estimate of drug-likeness (QED) is 0.880. The first-order valence-corrected chi connectivity index (χ1v) is 8.71. The first-order valence-electron chi connectivity index (χ1n) is 7.66. The predicted molar refractivity (Wildman–Crippen MR) is 90.7 cm³/mol. The molecule has 1 unspecified atom stereocenters. The molecule has 1 N–H and O–H groups in total. The van der Waals surface area contributed by atoms with Crippen LogP contribution >= 0.6 is 11.8 Å². The van der Waals surface area contributed by atoms with Gasteiger partial charge in [0.05, 0.1) is 10.9 Å². The van der Waals surface area contributed by atoms with Gasteiger partial charge in [0.1, 0.15) is 11.6 Å². The van der Waals surface area contributed by atoms with Crippen LogP contribution in [0, 0.1) is 0 Å². The first-order chi connectivity index (χ1) is 10.4. The molecule has 3 nitrogen and oxygen atoms in total. The van der Waals surface area contributed by atoms with Gasteiger partial charge in [-0.2, -0.15) is 11.8 Å². The number of nitrogens with one attached hydrogen (secondary N) is 1. The zero-order valence-corrected chi connectivity index (χ0v) is 13.2. The fraction of sp³-hybridized carbons (Fsp3) is 0.412. The highest BCUT2D eigenvalue weighted by molar-refractivity contribution is 7.99. The zero-order valence-electron chi connectivity index (χ0n) is 12.4. The molecule has 0 amide bonds. The van der Waals surface area contributed by atoms with Crippen LogP contribution in [0.5, 0.6) is 0 Å². The van der Waals surface area contributed by atoms with Gasteiger partial charge in [-0.15, -0.1) is 0 Å². The van der Waals surface area contributed by atoms with Gasteiger partial charge in [-0.05, 0) is 25.0 Å². The Hall–Kier alpha value is -1.55. The molecule has 21 heavy (non-hydrogen) atoms. The summed E-state index contributed by atoms with van der Waals surface area (Å²) in [7, 11) is 0. The van der Waals surface area contributed by atoms with Crippen LogP contribution in [0.15, 0.2) is 36.4 Å². The Morgan fingerprint density at radius 1 is 1.24 bits per heavy atom. The van der Waals surface area contributed by atoms with Crippen molar-refractivity contribution in [2.75, 3.05) is 17.6 Å². The molecule has 1 aromatic heterocycles. The maximum atomic E-state index is 4.82. The highest BCUT2D eigenvalue weighted by atomic mass is 32.2. The summed E-state index contributed by atoms with van der Waals surface area (Å²) in [6.45, 7) is 3.11. The molecule has 1 atom stereocenters. The molecule has 0 aliphatic carbocycles. The number of aromatic nitrogens is 2. The van der Waals surface area contributed by atoms with Crippen molar-refractivity contribution in [3.63, 3.8) is 0 Å². The number of rotatable bonds is 5. The van der Waals surface area contributed by atoms with E-state index in [9.17, 15) is 0 Å². The molecule has 1 saturated heterocycles. The van der Waals surface area contributed by atoms with E-state index in [1.54, 1.807) is 0 Å². The zero-order chi connectivity index (χ0) is 14.5. The SMILES string of the molecule is CCCNc1cc(-c2ccccc2)nc(C2CCCS2)n1. The molecule has 0 saturated carbocycles. The third kappa shape index (κ3) is 3.56. The van der Waals surface area contributed by atoms with Gasteiger partial charge >= 0.3 is 0 Å². The van der Waals surface area contributed by atoms with Crippen molar-refractivity contribution < 1.29 is 0 Å². The maximum absolute atomic E-state index is 4.82. The van der Waals surface area contributed by atoms with E-state index in [0.29, 0.717) is 5.25 Å². The number of hydrogen-bond donors (Lipinski definition) is 1. The summed E-state index contributed by atoms with van der Waals surface area (Å²) in [6.07, 6.45) is 3.56. The Morgan fingerprint density at radius 3 is 2.81 bits per heavy atom. The molecule has 2 aromatic rings. The molecule has 1 aliphatic rings. The van der Waals surface area contributed by atoms with Crippen LogP contribution in [0.25, 0.3) is 11.3 Å². The lowest BCUT2D eigenvalue weighted by Crippen LogP contribution is -2.07. The standard InChI is InChI=1S/C17H21N3S/c1-2-10-18-16-12-14(13-7-4-3-5-8-13)19-17(20-16)15-9-6-11-21-15/h3-5,7-8,12,15H,2,6,9-11H2,1H3,(H,18,19,20). The second-order valence-electron chi connectivity index (χ2n) is 5.29. The Bertz CT molecular complexity index is 580. The van der Waals surface area contributed by atoms with Crippen LogP contribution < -0.4 is 5.32 Å². The largest absolute Gasteiger partial charge is 0.370 e. The van der Waals surface area contributed by atoms with Crippen LogP contribution in [0.1, 0.15) is 37.3 Å². The minimum Gasteiger partial charge on any atom is -0.370 e. The monoisotopic (exact) mass is 299 g/mol. The lowest BCUT2D eigenvalue weighted by molar-refractivity contribution is 0.778. The third-order valence-electron chi connectivity index (χ3n) is 3.59. The summed E-state index contributed by atoms with van der Waals surface area (Å²) in [5.74, 6) is 3.16. The van der Waals surface area contributed by atoms with Crippen molar-refractivity contribution in [3.05, 3.63) is 42.2 Å². The van der Waals surface area contributed by atoms with Gasteiger partial charge in [0.2, 0.25) is 0 Å². The highest BCUT2D eigenvalue weighted by Gasteiger charge is 2.21. The average molecular weight is 299 g/mol. The molecular weight excluding hydrogens is 278 g/mol. The lowest BCUT2D eigenvalue weighted by Gasteiger charge is -2.13. The Balaban J connectivity index is 1.96. The number of anilines is 1. The Labute approximate surface area is 130 Å². The molecule has 0 bridgehead atoms.